The Morgan fingerprint density at radius 1 is 0.846 bits per heavy atom. The first-order valence-electron chi connectivity index (χ1n) is 8.78. The molecule has 3 rings (SSSR count). The van der Waals surface area contributed by atoms with Gasteiger partial charge in [0.25, 0.3) is 0 Å². The molecule has 0 aliphatic heterocycles. The van der Waals surface area contributed by atoms with E-state index in [1.54, 1.807) is 7.11 Å². The van der Waals surface area contributed by atoms with Gasteiger partial charge < -0.3 is 10.1 Å². The van der Waals surface area contributed by atoms with Crippen LogP contribution in [0.1, 0.15) is 29.2 Å². The number of aryl methyl sites for hydroxylation is 1. The highest BCUT2D eigenvalue weighted by molar-refractivity contribution is 5.77. The van der Waals surface area contributed by atoms with Gasteiger partial charge in [-0.25, -0.2) is 0 Å². The van der Waals surface area contributed by atoms with E-state index in [2.05, 4.69) is 5.32 Å². The summed E-state index contributed by atoms with van der Waals surface area (Å²) in [5.41, 5.74) is 3.26. The molecule has 1 N–H and O–H groups in total. The zero-order chi connectivity index (χ0) is 18.2. The maximum atomic E-state index is 12.6. The number of benzene rings is 3. The van der Waals surface area contributed by atoms with Crippen LogP contribution in [-0.2, 0) is 11.2 Å². The van der Waals surface area contributed by atoms with Crippen molar-refractivity contribution in [1.82, 2.24) is 5.32 Å². The smallest absolute Gasteiger partial charge is 0.221 e. The summed E-state index contributed by atoms with van der Waals surface area (Å²) in [7, 11) is 1.65. The Kier molecular flexibility index (Phi) is 6.05. The van der Waals surface area contributed by atoms with E-state index in [1.165, 1.54) is 5.56 Å². The Hall–Kier alpha value is -3.07. The molecule has 3 aromatic rings. The lowest BCUT2D eigenvalue weighted by atomic mass is 9.98. The second kappa shape index (κ2) is 8.86. The molecule has 0 heterocycles. The molecule has 1 amide bonds. The van der Waals surface area contributed by atoms with Crippen molar-refractivity contribution in [1.29, 1.82) is 0 Å². The number of rotatable bonds is 7. The number of hydrogen-bond acceptors (Lipinski definition) is 2. The van der Waals surface area contributed by atoms with Crippen molar-refractivity contribution in [2.24, 2.45) is 0 Å². The second-order valence-corrected chi connectivity index (χ2v) is 6.17. The van der Waals surface area contributed by atoms with Crippen LogP contribution in [0.15, 0.2) is 84.9 Å². The first-order chi connectivity index (χ1) is 12.8. The van der Waals surface area contributed by atoms with E-state index >= 15 is 0 Å². The number of methoxy groups -OCH3 is 1. The van der Waals surface area contributed by atoms with Crippen LogP contribution < -0.4 is 10.1 Å². The summed E-state index contributed by atoms with van der Waals surface area (Å²) >= 11 is 0. The molecule has 0 fully saturated rings. The van der Waals surface area contributed by atoms with Crippen molar-refractivity contribution in [3.05, 3.63) is 102 Å². The van der Waals surface area contributed by atoms with Gasteiger partial charge in [0.15, 0.2) is 0 Å². The average molecular weight is 345 g/mol. The summed E-state index contributed by atoms with van der Waals surface area (Å²) in [5.74, 6) is 0.842. The Labute approximate surface area is 154 Å². The van der Waals surface area contributed by atoms with Crippen LogP contribution in [0.3, 0.4) is 0 Å². The van der Waals surface area contributed by atoms with Crippen molar-refractivity contribution in [2.75, 3.05) is 7.11 Å². The van der Waals surface area contributed by atoms with E-state index in [0.717, 1.165) is 23.3 Å². The lowest BCUT2D eigenvalue weighted by Crippen LogP contribution is -2.29. The quantitative estimate of drug-likeness (QED) is 0.683. The molecular formula is C23H23NO2. The Balaban J connectivity index is 1.74. The van der Waals surface area contributed by atoms with Crippen molar-refractivity contribution in [3.63, 3.8) is 0 Å². The number of hydrogen-bond donors (Lipinski definition) is 1. The zero-order valence-electron chi connectivity index (χ0n) is 14.9. The number of amides is 1. The topological polar surface area (TPSA) is 38.3 Å². The SMILES string of the molecule is COc1ccc([C@H](NC(=O)CCc2ccccc2)c2ccccc2)cc1. The third-order valence-corrected chi connectivity index (χ3v) is 4.37. The summed E-state index contributed by atoms with van der Waals surface area (Å²) in [4.78, 5) is 12.6. The van der Waals surface area contributed by atoms with Crippen LogP contribution in [0.2, 0.25) is 0 Å². The van der Waals surface area contributed by atoms with Crippen LogP contribution in [0.5, 0.6) is 5.75 Å². The number of nitrogens with one attached hydrogen (secondary N) is 1. The molecule has 3 heteroatoms. The standard InChI is InChI=1S/C23H23NO2/c1-26-21-15-13-20(14-16-21)23(19-10-6-3-7-11-19)24-22(25)17-12-18-8-4-2-5-9-18/h2-11,13-16,23H,12,17H2,1H3,(H,24,25)/t23-/m1/s1. The second-order valence-electron chi connectivity index (χ2n) is 6.17. The first kappa shape index (κ1) is 17.7. The summed E-state index contributed by atoms with van der Waals surface area (Å²) in [6, 6.07) is 27.7. The predicted octanol–water partition coefficient (Wildman–Crippen LogP) is 4.53. The minimum atomic E-state index is -0.176. The molecule has 0 radical (unpaired) electrons. The molecule has 3 aromatic carbocycles. The van der Waals surface area contributed by atoms with Crippen LogP contribution in [0, 0.1) is 0 Å². The summed E-state index contributed by atoms with van der Waals surface area (Å²) in [6.07, 6.45) is 1.19. The van der Waals surface area contributed by atoms with Crippen molar-refractivity contribution < 1.29 is 9.53 Å². The molecular weight excluding hydrogens is 322 g/mol. The van der Waals surface area contributed by atoms with E-state index in [9.17, 15) is 4.79 Å². The third-order valence-electron chi connectivity index (χ3n) is 4.37. The van der Waals surface area contributed by atoms with E-state index in [4.69, 9.17) is 4.74 Å². The maximum absolute atomic E-state index is 12.6. The number of ether oxygens (including phenoxy) is 1. The monoisotopic (exact) mass is 345 g/mol. The van der Waals surface area contributed by atoms with Gasteiger partial charge in [-0.3, -0.25) is 4.79 Å². The first-order valence-corrected chi connectivity index (χ1v) is 8.78. The lowest BCUT2D eigenvalue weighted by molar-refractivity contribution is -0.121. The van der Waals surface area contributed by atoms with Gasteiger partial charge in [-0.2, -0.15) is 0 Å². The van der Waals surface area contributed by atoms with E-state index in [-0.39, 0.29) is 11.9 Å². The van der Waals surface area contributed by atoms with E-state index in [0.29, 0.717) is 6.42 Å². The van der Waals surface area contributed by atoms with Gasteiger partial charge in [0.1, 0.15) is 5.75 Å². The summed E-state index contributed by atoms with van der Waals surface area (Å²) in [5, 5.41) is 3.18. The average Bonchev–Trinajstić information content (AvgIpc) is 2.72. The number of carbonyl (C=O) groups is 1. The lowest BCUT2D eigenvalue weighted by Gasteiger charge is -2.20. The maximum Gasteiger partial charge on any atom is 0.221 e. The van der Waals surface area contributed by atoms with Crippen molar-refractivity contribution in [2.45, 2.75) is 18.9 Å². The highest BCUT2D eigenvalue weighted by atomic mass is 16.5. The fourth-order valence-electron chi connectivity index (χ4n) is 2.94. The van der Waals surface area contributed by atoms with E-state index < -0.39 is 0 Å². The Morgan fingerprint density at radius 2 is 1.42 bits per heavy atom. The molecule has 0 aromatic heterocycles. The molecule has 0 aliphatic carbocycles. The molecule has 26 heavy (non-hydrogen) atoms. The third kappa shape index (κ3) is 4.73. The van der Waals surface area contributed by atoms with Crippen molar-refractivity contribution in [3.8, 4) is 5.75 Å². The van der Waals surface area contributed by atoms with Crippen LogP contribution in [0.4, 0.5) is 0 Å². The van der Waals surface area contributed by atoms with Gasteiger partial charge >= 0.3 is 0 Å². The van der Waals surface area contributed by atoms with Gasteiger partial charge in [-0.05, 0) is 35.2 Å². The summed E-state index contributed by atoms with van der Waals surface area (Å²) < 4.78 is 5.24. The van der Waals surface area contributed by atoms with Crippen LogP contribution >= 0.6 is 0 Å². The molecule has 132 valence electrons. The predicted molar refractivity (Wildman–Crippen MR) is 104 cm³/mol. The molecule has 0 unspecified atom stereocenters. The molecule has 0 saturated heterocycles. The largest absolute Gasteiger partial charge is 0.497 e. The Bertz CT molecular complexity index is 814. The molecule has 0 spiro atoms. The van der Waals surface area contributed by atoms with Gasteiger partial charge in [0, 0.05) is 6.42 Å². The van der Waals surface area contributed by atoms with Crippen LogP contribution in [0.25, 0.3) is 0 Å². The highest BCUT2D eigenvalue weighted by Gasteiger charge is 2.16. The molecule has 1 atom stereocenters. The fourth-order valence-corrected chi connectivity index (χ4v) is 2.94. The van der Waals surface area contributed by atoms with Crippen molar-refractivity contribution >= 4 is 5.91 Å². The minimum absolute atomic E-state index is 0.0403. The van der Waals surface area contributed by atoms with Gasteiger partial charge in [0.2, 0.25) is 5.91 Å². The highest BCUT2D eigenvalue weighted by Crippen LogP contribution is 2.24. The normalized spacial score (nSPS) is 11.6. The van der Waals surface area contributed by atoms with Gasteiger partial charge in [-0.1, -0.05) is 72.8 Å². The minimum Gasteiger partial charge on any atom is -0.497 e. The molecule has 0 saturated carbocycles. The number of carbonyl (C=O) groups excluding carboxylic acids is 1. The molecule has 3 nitrogen and oxygen atoms in total. The van der Waals surface area contributed by atoms with Crippen LogP contribution in [-0.4, -0.2) is 13.0 Å². The van der Waals surface area contributed by atoms with E-state index in [1.807, 2.05) is 84.9 Å². The summed E-state index contributed by atoms with van der Waals surface area (Å²) in [6.45, 7) is 0. The molecule has 0 bridgehead atoms. The van der Waals surface area contributed by atoms with Gasteiger partial charge in [0.05, 0.1) is 13.2 Å². The fraction of sp³-hybridized carbons (Fsp3) is 0.174. The van der Waals surface area contributed by atoms with Gasteiger partial charge in [-0.15, -0.1) is 0 Å². The molecule has 0 aliphatic rings. The Morgan fingerprint density at radius 3 is 2.04 bits per heavy atom. The zero-order valence-corrected chi connectivity index (χ0v) is 14.9.